The summed E-state index contributed by atoms with van der Waals surface area (Å²) in [6.45, 7) is 0.473. The molecule has 1 rings (SSSR count). The number of rotatable bonds is 5. The lowest BCUT2D eigenvalue weighted by molar-refractivity contribution is 0.355. The standard InChI is InChI=1S/C11H13Cl2NO2/c1-15-10-4-3-9(5-11(10)16-2)14-7-8(13)6-12/h3-6,14H,7H2,1-2H3. The van der Waals surface area contributed by atoms with Gasteiger partial charge in [-0.1, -0.05) is 23.2 Å². The van der Waals surface area contributed by atoms with Crippen LogP contribution in [0.5, 0.6) is 11.5 Å². The Morgan fingerprint density at radius 1 is 1.31 bits per heavy atom. The molecule has 1 aromatic rings. The summed E-state index contributed by atoms with van der Waals surface area (Å²) in [7, 11) is 3.19. The van der Waals surface area contributed by atoms with Crippen molar-refractivity contribution in [1.82, 2.24) is 0 Å². The van der Waals surface area contributed by atoms with E-state index in [0.29, 0.717) is 23.1 Å². The average molecular weight is 262 g/mol. The van der Waals surface area contributed by atoms with E-state index in [1.807, 2.05) is 18.2 Å². The Morgan fingerprint density at radius 3 is 2.56 bits per heavy atom. The molecular formula is C11H13Cl2NO2. The molecule has 0 amide bonds. The zero-order valence-corrected chi connectivity index (χ0v) is 10.6. The Hall–Kier alpha value is -1.06. The summed E-state index contributed by atoms with van der Waals surface area (Å²) in [5.74, 6) is 1.35. The number of nitrogens with one attached hydrogen (secondary N) is 1. The van der Waals surface area contributed by atoms with Gasteiger partial charge in [0.25, 0.3) is 0 Å². The number of benzene rings is 1. The van der Waals surface area contributed by atoms with Crippen LogP contribution in [0.4, 0.5) is 5.69 Å². The van der Waals surface area contributed by atoms with Crippen LogP contribution in [0.25, 0.3) is 0 Å². The van der Waals surface area contributed by atoms with Crippen LogP contribution in [-0.4, -0.2) is 20.8 Å². The normalized spacial score (nSPS) is 11.1. The first-order valence-electron chi connectivity index (χ1n) is 4.62. The Balaban J connectivity index is 2.75. The molecule has 0 bridgehead atoms. The van der Waals surface area contributed by atoms with E-state index >= 15 is 0 Å². The van der Waals surface area contributed by atoms with E-state index in [1.54, 1.807) is 14.2 Å². The molecule has 0 aliphatic heterocycles. The SMILES string of the molecule is COc1ccc(NCC(Cl)=CCl)cc1OC. The number of methoxy groups -OCH3 is 2. The maximum Gasteiger partial charge on any atom is 0.162 e. The Kier molecular flexibility index (Phi) is 5.29. The lowest BCUT2D eigenvalue weighted by atomic mass is 10.2. The summed E-state index contributed by atoms with van der Waals surface area (Å²) < 4.78 is 10.3. The van der Waals surface area contributed by atoms with Gasteiger partial charge < -0.3 is 14.8 Å². The van der Waals surface area contributed by atoms with Crippen molar-refractivity contribution in [3.63, 3.8) is 0 Å². The second-order valence-corrected chi connectivity index (χ2v) is 3.68. The van der Waals surface area contributed by atoms with E-state index in [4.69, 9.17) is 32.7 Å². The first-order chi connectivity index (χ1) is 7.71. The third kappa shape index (κ3) is 3.51. The van der Waals surface area contributed by atoms with E-state index in [0.717, 1.165) is 5.69 Å². The average Bonchev–Trinajstić information content (AvgIpc) is 2.35. The predicted octanol–water partition coefficient (Wildman–Crippen LogP) is 3.43. The molecule has 0 aliphatic rings. The molecule has 0 saturated heterocycles. The molecule has 0 unspecified atom stereocenters. The van der Waals surface area contributed by atoms with Crippen molar-refractivity contribution in [2.75, 3.05) is 26.1 Å². The van der Waals surface area contributed by atoms with Gasteiger partial charge in [0.1, 0.15) is 0 Å². The third-order valence-electron chi connectivity index (χ3n) is 1.96. The van der Waals surface area contributed by atoms with Gasteiger partial charge in [-0.25, -0.2) is 0 Å². The molecule has 3 nitrogen and oxygen atoms in total. The van der Waals surface area contributed by atoms with E-state index < -0.39 is 0 Å². The number of anilines is 1. The maximum atomic E-state index is 5.76. The van der Waals surface area contributed by atoms with Crippen molar-refractivity contribution in [1.29, 1.82) is 0 Å². The number of hydrogen-bond acceptors (Lipinski definition) is 3. The predicted molar refractivity (Wildman–Crippen MR) is 67.8 cm³/mol. The monoisotopic (exact) mass is 261 g/mol. The number of ether oxygens (including phenoxy) is 2. The summed E-state index contributed by atoms with van der Waals surface area (Å²) in [5.41, 5.74) is 2.21. The highest BCUT2D eigenvalue weighted by Gasteiger charge is 2.04. The number of halogens is 2. The van der Waals surface area contributed by atoms with Crippen LogP contribution >= 0.6 is 23.2 Å². The molecule has 0 saturated carbocycles. The van der Waals surface area contributed by atoms with Crippen molar-refractivity contribution < 1.29 is 9.47 Å². The van der Waals surface area contributed by atoms with Gasteiger partial charge in [-0.2, -0.15) is 0 Å². The Morgan fingerprint density at radius 2 is 2.00 bits per heavy atom. The second kappa shape index (κ2) is 6.51. The quantitative estimate of drug-likeness (QED) is 0.881. The molecule has 0 aromatic heterocycles. The molecule has 88 valence electrons. The third-order valence-corrected chi connectivity index (χ3v) is 2.58. The highest BCUT2D eigenvalue weighted by molar-refractivity contribution is 6.36. The summed E-state index contributed by atoms with van der Waals surface area (Å²) in [5, 5.41) is 3.64. The highest BCUT2D eigenvalue weighted by Crippen LogP contribution is 2.29. The van der Waals surface area contributed by atoms with E-state index in [9.17, 15) is 0 Å². The summed E-state index contributed by atoms with van der Waals surface area (Å²) in [6, 6.07) is 5.52. The number of hydrogen-bond donors (Lipinski definition) is 1. The molecular weight excluding hydrogens is 249 g/mol. The van der Waals surface area contributed by atoms with Crippen LogP contribution in [0.15, 0.2) is 28.8 Å². The van der Waals surface area contributed by atoms with Gasteiger partial charge in [-0.15, -0.1) is 0 Å². The molecule has 1 N–H and O–H groups in total. The van der Waals surface area contributed by atoms with Crippen molar-refractivity contribution in [2.24, 2.45) is 0 Å². The fraction of sp³-hybridized carbons (Fsp3) is 0.273. The van der Waals surface area contributed by atoms with Crippen LogP contribution in [-0.2, 0) is 0 Å². The highest BCUT2D eigenvalue weighted by atomic mass is 35.5. The van der Waals surface area contributed by atoms with Crippen molar-refractivity contribution in [2.45, 2.75) is 0 Å². The fourth-order valence-corrected chi connectivity index (χ4v) is 1.32. The minimum Gasteiger partial charge on any atom is -0.493 e. The summed E-state index contributed by atoms with van der Waals surface area (Å²) >= 11 is 11.2. The zero-order valence-electron chi connectivity index (χ0n) is 9.09. The molecule has 0 aliphatic carbocycles. The first-order valence-corrected chi connectivity index (χ1v) is 5.43. The summed E-state index contributed by atoms with van der Waals surface area (Å²) in [4.78, 5) is 0. The lowest BCUT2D eigenvalue weighted by Crippen LogP contribution is -2.01. The van der Waals surface area contributed by atoms with Gasteiger partial charge in [0.15, 0.2) is 11.5 Å². The van der Waals surface area contributed by atoms with Crippen LogP contribution in [0.3, 0.4) is 0 Å². The molecule has 5 heteroatoms. The minimum atomic E-state index is 0.473. The van der Waals surface area contributed by atoms with Crippen LogP contribution < -0.4 is 14.8 Å². The van der Waals surface area contributed by atoms with Gasteiger partial charge in [-0.05, 0) is 12.1 Å². The fourth-order valence-electron chi connectivity index (χ4n) is 1.17. The van der Waals surface area contributed by atoms with E-state index in [-0.39, 0.29) is 0 Å². The van der Waals surface area contributed by atoms with E-state index in [1.165, 1.54) is 5.54 Å². The minimum absolute atomic E-state index is 0.473. The Bertz CT molecular complexity index is 380. The first kappa shape index (κ1) is 13.0. The van der Waals surface area contributed by atoms with E-state index in [2.05, 4.69) is 5.32 Å². The van der Waals surface area contributed by atoms with Gasteiger partial charge >= 0.3 is 0 Å². The van der Waals surface area contributed by atoms with Gasteiger partial charge in [-0.3, -0.25) is 0 Å². The van der Waals surface area contributed by atoms with Crippen molar-refractivity contribution >= 4 is 28.9 Å². The maximum absolute atomic E-state index is 5.76. The van der Waals surface area contributed by atoms with Crippen LogP contribution in [0, 0.1) is 0 Å². The molecule has 16 heavy (non-hydrogen) atoms. The van der Waals surface area contributed by atoms with Crippen molar-refractivity contribution in [3.05, 3.63) is 28.8 Å². The molecule has 0 spiro atoms. The summed E-state index contributed by atoms with van der Waals surface area (Å²) in [6.07, 6.45) is 0. The Labute approximate surface area is 105 Å². The molecule has 0 atom stereocenters. The van der Waals surface area contributed by atoms with Crippen LogP contribution in [0.2, 0.25) is 0 Å². The smallest absolute Gasteiger partial charge is 0.162 e. The van der Waals surface area contributed by atoms with Crippen LogP contribution in [0.1, 0.15) is 0 Å². The topological polar surface area (TPSA) is 30.5 Å². The van der Waals surface area contributed by atoms with Gasteiger partial charge in [0.05, 0.1) is 20.8 Å². The largest absolute Gasteiger partial charge is 0.493 e. The lowest BCUT2D eigenvalue weighted by Gasteiger charge is -2.10. The van der Waals surface area contributed by atoms with Gasteiger partial charge in [0.2, 0.25) is 0 Å². The molecule has 0 radical (unpaired) electrons. The second-order valence-electron chi connectivity index (χ2n) is 2.98. The van der Waals surface area contributed by atoms with Crippen molar-refractivity contribution in [3.8, 4) is 11.5 Å². The van der Waals surface area contributed by atoms with Gasteiger partial charge in [0, 0.05) is 22.3 Å². The molecule has 1 aromatic carbocycles. The molecule has 0 heterocycles. The molecule has 0 fully saturated rings. The zero-order chi connectivity index (χ0) is 12.0.